The molecule has 21 atom stereocenters. The van der Waals surface area contributed by atoms with Crippen molar-refractivity contribution in [3.8, 4) is 0 Å². The van der Waals surface area contributed by atoms with Gasteiger partial charge in [0, 0.05) is 75.7 Å². The molecule has 0 radical (unpaired) electrons. The molecular formula is C88H114O36. The van der Waals surface area contributed by atoms with Gasteiger partial charge in [-0.05, 0) is 147 Å². The lowest BCUT2D eigenvalue weighted by atomic mass is 9.79. The summed E-state index contributed by atoms with van der Waals surface area (Å²) in [5.41, 5.74) is -4.22. The van der Waals surface area contributed by atoms with E-state index in [1.54, 1.807) is 6.92 Å². The first kappa shape index (κ1) is 97.0. The van der Waals surface area contributed by atoms with Gasteiger partial charge in [0.2, 0.25) is 11.2 Å². The summed E-state index contributed by atoms with van der Waals surface area (Å²) in [6, 6.07) is 0. The molecule has 0 aromatic carbocycles. The van der Waals surface area contributed by atoms with Crippen LogP contribution in [0, 0.1) is 64.6 Å². The minimum Gasteiger partial charge on any atom is -0.462 e. The van der Waals surface area contributed by atoms with Crippen LogP contribution in [0.2, 0.25) is 0 Å². The molecule has 36 heteroatoms. The van der Waals surface area contributed by atoms with E-state index in [2.05, 4.69) is 32.9 Å². The number of esters is 18. The number of rotatable bonds is 32. The maximum absolute atomic E-state index is 12.3. The molecule has 0 spiro atoms. The molecule has 13 rings (SSSR count). The van der Waals surface area contributed by atoms with Crippen molar-refractivity contribution in [2.24, 2.45) is 64.6 Å². The van der Waals surface area contributed by atoms with Gasteiger partial charge < -0.3 is 85.3 Å². The van der Waals surface area contributed by atoms with Gasteiger partial charge in [-0.2, -0.15) is 0 Å². The maximum atomic E-state index is 12.3. The van der Waals surface area contributed by atoms with E-state index in [4.69, 9.17) is 85.3 Å². The third kappa shape index (κ3) is 22.8. The molecule has 0 aromatic rings. The van der Waals surface area contributed by atoms with Crippen molar-refractivity contribution in [2.75, 3.05) is 39.6 Å². The monoisotopic (exact) mass is 1750 g/mol. The topological polar surface area (TPSA) is 473 Å². The van der Waals surface area contributed by atoms with E-state index in [1.807, 2.05) is 20.8 Å². The average molecular weight is 1750 g/mol. The molecule has 13 fully saturated rings. The van der Waals surface area contributed by atoms with Crippen molar-refractivity contribution in [1.29, 1.82) is 0 Å². The van der Waals surface area contributed by atoms with Crippen LogP contribution in [0.15, 0.2) is 60.8 Å². The Balaban J connectivity index is 0.000000176. The fraction of sp³-hybridized carbons (Fsp3) is 0.682. The lowest BCUT2D eigenvalue weighted by Crippen LogP contribution is -2.48. The second-order valence-corrected chi connectivity index (χ2v) is 35.9. The van der Waals surface area contributed by atoms with Crippen LogP contribution in [0.4, 0.5) is 0 Å². The highest BCUT2D eigenvalue weighted by molar-refractivity contribution is 5.93. The Morgan fingerprint density at radius 2 is 0.879 bits per heavy atom. The Kier molecular flexibility index (Phi) is 30.9. The molecule has 10 bridgehead atoms. The van der Waals surface area contributed by atoms with Gasteiger partial charge in [0.1, 0.15) is 99.2 Å². The molecule has 5 aliphatic heterocycles. The third-order valence-electron chi connectivity index (χ3n) is 25.0. The largest absolute Gasteiger partial charge is 0.462 e. The molecule has 0 aromatic heterocycles. The number of hydrogen-bond donors (Lipinski definition) is 0. The van der Waals surface area contributed by atoms with Crippen molar-refractivity contribution >= 4 is 107 Å². The smallest absolute Gasteiger partial charge is 0.350 e. The quantitative estimate of drug-likeness (QED) is 0.0274. The Morgan fingerprint density at radius 1 is 0.411 bits per heavy atom. The maximum Gasteiger partial charge on any atom is 0.350 e. The van der Waals surface area contributed by atoms with Crippen LogP contribution in [0.3, 0.4) is 0 Å². The summed E-state index contributed by atoms with van der Waals surface area (Å²) in [5.74, 6) is -8.30. The highest BCUT2D eigenvalue weighted by Gasteiger charge is 2.72. The first-order valence-electron chi connectivity index (χ1n) is 41.7. The van der Waals surface area contributed by atoms with Crippen LogP contribution in [0.1, 0.15) is 206 Å². The predicted octanol–water partition coefficient (Wildman–Crippen LogP) is 7.37. The molecule has 5 saturated heterocycles. The molecule has 0 amide bonds. The molecule has 682 valence electrons. The number of carbonyl (C=O) groups excluding carboxylic acids is 18. The summed E-state index contributed by atoms with van der Waals surface area (Å²) in [6.07, 6.45) is 4.33. The summed E-state index contributed by atoms with van der Waals surface area (Å²) in [4.78, 5) is 211. The zero-order valence-electron chi connectivity index (χ0n) is 72.5. The zero-order chi connectivity index (χ0) is 91.8. The summed E-state index contributed by atoms with van der Waals surface area (Å²) in [7, 11) is 0. The van der Waals surface area contributed by atoms with Gasteiger partial charge in [0.25, 0.3) is 0 Å². The van der Waals surface area contributed by atoms with Gasteiger partial charge in [-0.25, -0.2) is 33.6 Å². The van der Waals surface area contributed by atoms with Gasteiger partial charge >= 0.3 is 107 Å². The Labute approximate surface area is 717 Å². The van der Waals surface area contributed by atoms with Gasteiger partial charge in [-0.15, -0.1) is 0 Å². The van der Waals surface area contributed by atoms with Crippen LogP contribution in [-0.2, 0) is 172 Å². The standard InChI is InChI=1S/3C19H24O8.C16H22O6.C15H20O6/c1-10(2)17(22)25-7-6-24-13(20)4-5-14(21)26-16-15-11-8-19(16,3)9-12(11)18(23)27-15;1-10(2)17(22)25-7-6-24-14(20)4-5-15(21)27-19(3)11-8-12-13(9-11)18(23)26-16(12)19;1-10(2)17(22)25-7-6-24-14(20)4-5-15(21)26-16-11-8-12-13(9-11)19(16,3)27-18(12)23;1-9(2)12(17)21-15(3,4)14(19)20-11-7-6-10-8-16(11,5)22-13(10)18;1-8(2)12(16)21-15(3,4)14(18)20-10-6-5-9-7-11(10)19-13(9)17/h11-12,15-16H,1,4-9H2,2-3H3;2*11-13,16H,1,4-9H2,2-3H3;10-11H,1,6-8H2,2-5H3;9-11H,1,5-7H2,2-4H3. The molecule has 124 heavy (non-hydrogen) atoms. The highest BCUT2D eigenvalue weighted by atomic mass is 16.7. The number of hydrogen-bond acceptors (Lipinski definition) is 36. The van der Waals surface area contributed by atoms with Crippen molar-refractivity contribution in [3.05, 3.63) is 60.8 Å². The Hall–Kier alpha value is -10.8. The molecule has 13 aliphatic rings. The Morgan fingerprint density at radius 3 is 1.40 bits per heavy atom. The van der Waals surface area contributed by atoms with Crippen LogP contribution >= 0.6 is 0 Å². The molecule has 0 N–H and O–H groups in total. The first-order valence-corrected chi connectivity index (χ1v) is 41.7. The summed E-state index contributed by atoms with van der Waals surface area (Å²) in [5, 5.41) is 0. The lowest BCUT2D eigenvalue weighted by Gasteiger charge is -2.36. The van der Waals surface area contributed by atoms with E-state index in [0.29, 0.717) is 57.8 Å². The lowest BCUT2D eigenvalue weighted by molar-refractivity contribution is -0.192. The van der Waals surface area contributed by atoms with Gasteiger partial charge in [-0.1, -0.05) is 39.8 Å². The summed E-state index contributed by atoms with van der Waals surface area (Å²) >= 11 is 0. The molecule has 8 aliphatic carbocycles. The molecule has 5 heterocycles. The summed E-state index contributed by atoms with van der Waals surface area (Å²) in [6.45, 7) is 37.6. The van der Waals surface area contributed by atoms with Crippen LogP contribution in [0.5, 0.6) is 0 Å². The normalized spacial score (nSPS) is 31.5. The van der Waals surface area contributed by atoms with E-state index >= 15 is 0 Å². The fourth-order valence-corrected chi connectivity index (χ4v) is 18.4. The van der Waals surface area contributed by atoms with Crippen LogP contribution in [-0.4, -0.2) is 218 Å². The minimum atomic E-state index is -1.42. The Bertz CT molecular complexity index is 4250. The molecule has 8 saturated carbocycles. The number of carbonyl (C=O) groups is 18. The fourth-order valence-electron chi connectivity index (χ4n) is 18.4. The second-order valence-electron chi connectivity index (χ2n) is 35.9. The average Bonchev–Trinajstić information content (AvgIpc) is 1.54. The zero-order valence-corrected chi connectivity index (χ0v) is 72.5. The van der Waals surface area contributed by atoms with E-state index in [-0.39, 0.29) is 219 Å². The minimum absolute atomic E-state index is 0.0549. The highest BCUT2D eigenvalue weighted by Crippen LogP contribution is 2.64. The number of fused-ring (bicyclic) bond motifs is 7. The van der Waals surface area contributed by atoms with Crippen molar-refractivity contribution in [3.63, 3.8) is 0 Å². The van der Waals surface area contributed by atoms with Gasteiger partial charge in [0.15, 0.2) is 0 Å². The van der Waals surface area contributed by atoms with Gasteiger partial charge in [-0.3, -0.25) is 52.7 Å². The molecule has 21 unspecified atom stereocenters. The second kappa shape index (κ2) is 39.6. The van der Waals surface area contributed by atoms with E-state index in [9.17, 15) is 86.3 Å². The first-order chi connectivity index (χ1) is 57.9. The van der Waals surface area contributed by atoms with E-state index in [1.165, 1.54) is 62.3 Å². The third-order valence-corrected chi connectivity index (χ3v) is 25.0. The predicted molar refractivity (Wildman–Crippen MR) is 419 cm³/mol. The van der Waals surface area contributed by atoms with Gasteiger partial charge in [0.05, 0.1) is 68.1 Å². The molecule has 36 nitrogen and oxygen atoms in total. The van der Waals surface area contributed by atoms with E-state index < -0.39 is 130 Å². The van der Waals surface area contributed by atoms with Crippen molar-refractivity contribution < 1.29 is 172 Å². The van der Waals surface area contributed by atoms with Crippen LogP contribution < -0.4 is 0 Å². The molecular weight excluding hydrogens is 1630 g/mol. The summed E-state index contributed by atoms with van der Waals surface area (Å²) < 4.78 is 93.8. The van der Waals surface area contributed by atoms with Crippen molar-refractivity contribution in [2.45, 2.75) is 276 Å². The van der Waals surface area contributed by atoms with Crippen LogP contribution in [0.25, 0.3) is 0 Å². The SMILES string of the molecule is C=C(C)C(=O)OC(C)(C)C(=O)OC1CCC2CC1(C)OC2=O.C=C(C)C(=O)OC(C)(C)C(=O)OC1CCC2CC1OC2=O.C=C(C)C(=O)OCCOC(=O)CCC(=O)OC1(C)C2CC3C(=O)OC1C3C2.C=C(C)C(=O)OCCOC(=O)CCC(=O)OC1C2CC3C(=O)OC1(C)C3C2.C=C(C)C(=O)OCCOC(=O)CCC(=O)OC1C2OC(=O)C3CC1(C)CC32. The van der Waals surface area contributed by atoms with Crippen molar-refractivity contribution in [1.82, 2.24) is 0 Å². The number of ether oxygens (including phenoxy) is 18. The van der Waals surface area contributed by atoms with E-state index in [0.717, 1.165) is 19.3 Å².